The summed E-state index contributed by atoms with van der Waals surface area (Å²) >= 11 is 3.93. The minimum absolute atomic E-state index is 0.0182. The zero-order chi connectivity index (χ0) is 10.7. The van der Waals surface area contributed by atoms with Crippen LogP contribution in [-0.4, -0.2) is 17.2 Å². The fraction of sp³-hybridized carbons (Fsp3) is 0. The Morgan fingerprint density at radius 3 is 2.57 bits per heavy atom. The number of isocyanates is 1. The molecule has 0 bridgehead atoms. The number of hydrogen-bond donors (Lipinski definition) is 1. The molecule has 0 atom stereocenters. The van der Waals surface area contributed by atoms with E-state index in [1.54, 1.807) is 6.07 Å². The van der Waals surface area contributed by atoms with Gasteiger partial charge in [0.25, 0.3) is 0 Å². The van der Waals surface area contributed by atoms with Gasteiger partial charge >= 0.3 is 5.97 Å². The van der Waals surface area contributed by atoms with E-state index in [0.717, 1.165) is 3.57 Å². The first-order chi connectivity index (χ1) is 6.56. The van der Waals surface area contributed by atoms with Crippen LogP contribution in [0.3, 0.4) is 0 Å². The fourth-order valence-corrected chi connectivity index (χ4v) is 2.85. The van der Waals surface area contributed by atoms with E-state index >= 15 is 0 Å². The molecule has 0 aliphatic carbocycles. The molecule has 72 valence electrons. The van der Waals surface area contributed by atoms with Crippen molar-refractivity contribution in [1.82, 2.24) is 0 Å². The number of rotatable bonds is 2. The maximum absolute atomic E-state index is 10.8. The molecule has 0 fully saturated rings. The predicted molar refractivity (Wildman–Crippen MR) is 66.6 cm³/mol. The van der Waals surface area contributed by atoms with E-state index in [9.17, 15) is 9.59 Å². The molecule has 4 nitrogen and oxygen atoms in total. The van der Waals surface area contributed by atoms with Gasteiger partial charge in [-0.1, -0.05) is 0 Å². The minimum Gasteiger partial charge on any atom is -0.478 e. The molecule has 0 radical (unpaired) electrons. The van der Waals surface area contributed by atoms with Crippen LogP contribution < -0.4 is 0 Å². The average molecular weight is 415 g/mol. The summed E-state index contributed by atoms with van der Waals surface area (Å²) in [6, 6.07) is 3.20. The fourth-order valence-electron chi connectivity index (χ4n) is 0.888. The van der Waals surface area contributed by atoms with Gasteiger partial charge in [0.2, 0.25) is 6.08 Å². The number of aliphatic imine (C=N–C) groups is 1. The quantitative estimate of drug-likeness (QED) is 0.459. The lowest BCUT2D eigenvalue weighted by Crippen LogP contribution is -1.98. The Labute approximate surface area is 107 Å². The van der Waals surface area contributed by atoms with Crippen molar-refractivity contribution in [3.8, 4) is 0 Å². The first kappa shape index (κ1) is 11.6. The average Bonchev–Trinajstić information content (AvgIpc) is 2.09. The molecule has 1 aromatic rings. The molecule has 1 N–H and O–H groups in total. The van der Waals surface area contributed by atoms with E-state index in [1.807, 2.05) is 45.2 Å². The Hall–Kier alpha value is -0.470. The normalized spacial score (nSPS) is 9.29. The summed E-state index contributed by atoms with van der Waals surface area (Å²) in [6.07, 6.45) is 1.34. The van der Waals surface area contributed by atoms with Gasteiger partial charge in [-0.25, -0.2) is 9.59 Å². The molecule has 0 unspecified atom stereocenters. The second kappa shape index (κ2) is 4.85. The third kappa shape index (κ3) is 2.52. The summed E-state index contributed by atoms with van der Waals surface area (Å²) in [5.41, 5.74) is 0.179. The van der Waals surface area contributed by atoms with Crippen LogP contribution in [-0.2, 0) is 4.79 Å². The standard InChI is InChI=1S/C8H3I2NO3/c9-4-1-5(8(13)14)7(11-3-12)6(10)2-4/h1-2H,(H,13,14). The van der Waals surface area contributed by atoms with Crippen LogP contribution in [0.4, 0.5) is 5.69 Å². The molecule has 0 amide bonds. The van der Waals surface area contributed by atoms with Crippen LogP contribution >= 0.6 is 45.2 Å². The summed E-state index contributed by atoms with van der Waals surface area (Å²) in [4.78, 5) is 24.3. The van der Waals surface area contributed by atoms with Crippen molar-refractivity contribution in [3.05, 3.63) is 24.8 Å². The van der Waals surface area contributed by atoms with E-state index in [0.29, 0.717) is 3.57 Å². The zero-order valence-electron chi connectivity index (χ0n) is 6.62. The van der Waals surface area contributed by atoms with E-state index in [2.05, 4.69) is 4.99 Å². The van der Waals surface area contributed by atoms with Crippen LogP contribution in [0.1, 0.15) is 10.4 Å². The molecule has 0 aliphatic heterocycles. The first-order valence-corrected chi connectivity index (χ1v) is 5.52. The van der Waals surface area contributed by atoms with Crippen molar-refractivity contribution >= 4 is 62.9 Å². The number of carbonyl (C=O) groups excluding carboxylic acids is 1. The van der Waals surface area contributed by atoms with Crippen molar-refractivity contribution in [2.24, 2.45) is 4.99 Å². The van der Waals surface area contributed by atoms with Gasteiger partial charge in [-0.2, -0.15) is 4.99 Å². The summed E-state index contributed by atoms with van der Waals surface area (Å²) in [5.74, 6) is -1.10. The predicted octanol–water partition coefficient (Wildman–Crippen LogP) is 2.56. The summed E-state index contributed by atoms with van der Waals surface area (Å²) in [5, 5.41) is 8.84. The number of halogens is 2. The third-order valence-corrected chi connectivity index (χ3v) is 2.86. The molecule has 0 aromatic heterocycles. The number of aromatic carboxylic acids is 1. The van der Waals surface area contributed by atoms with Crippen LogP contribution in [0, 0.1) is 7.14 Å². The molecule has 1 aromatic carbocycles. The summed E-state index contributed by atoms with van der Waals surface area (Å²) < 4.78 is 1.41. The molecule has 6 heteroatoms. The van der Waals surface area contributed by atoms with Gasteiger partial charge in [0.05, 0.1) is 5.56 Å². The number of carboxylic acids is 1. The van der Waals surface area contributed by atoms with Gasteiger partial charge in [0.15, 0.2) is 0 Å². The van der Waals surface area contributed by atoms with E-state index in [1.165, 1.54) is 12.1 Å². The molecule has 0 aliphatic rings. The molecule has 0 saturated carbocycles. The van der Waals surface area contributed by atoms with E-state index in [4.69, 9.17) is 5.11 Å². The lowest BCUT2D eigenvalue weighted by Gasteiger charge is -2.02. The highest BCUT2D eigenvalue weighted by atomic mass is 127. The monoisotopic (exact) mass is 415 g/mol. The minimum atomic E-state index is -1.10. The van der Waals surface area contributed by atoms with Crippen molar-refractivity contribution in [1.29, 1.82) is 0 Å². The molecular weight excluding hydrogens is 412 g/mol. The number of carbonyl (C=O) groups is 1. The van der Waals surface area contributed by atoms with Gasteiger partial charge in [0, 0.05) is 7.14 Å². The van der Waals surface area contributed by atoms with Crippen LogP contribution in [0.5, 0.6) is 0 Å². The zero-order valence-corrected chi connectivity index (χ0v) is 10.9. The highest BCUT2D eigenvalue weighted by Crippen LogP contribution is 2.28. The lowest BCUT2D eigenvalue weighted by molar-refractivity contribution is 0.0697. The van der Waals surface area contributed by atoms with Crippen LogP contribution in [0.15, 0.2) is 17.1 Å². The Morgan fingerprint density at radius 2 is 2.07 bits per heavy atom. The van der Waals surface area contributed by atoms with Crippen molar-refractivity contribution in [2.75, 3.05) is 0 Å². The number of benzene rings is 1. The molecule has 14 heavy (non-hydrogen) atoms. The molecule has 0 heterocycles. The SMILES string of the molecule is O=C=Nc1c(I)cc(I)cc1C(=O)O. The first-order valence-electron chi connectivity index (χ1n) is 3.36. The van der Waals surface area contributed by atoms with Crippen LogP contribution in [0.25, 0.3) is 0 Å². The third-order valence-electron chi connectivity index (χ3n) is 1.42. The second-order valence-corrected chi connectivity index (χ2v) is 4.70. The van der Waals surface area contributed by atoms with Gasteiger partial charge in [0.1, 0.15) is 5.69 Å². The highest BCUT2D eigenvalue weighted by Gasteiger charge is 2.13. The molecule has 0 saturated heterocycles. The van der Waals surface area contributed by atoms with Gasteiger partial charge in [-0.3, -0.25) is 0 Å². The van der Waals surface area contributed by atoms with Crippen molar-refractivity contribution in [3.63, 3.8) is 0 Å². The Morgan fingerprint density at radius 1 is 1.43 bits per heavy atom. The highest BCUT2D eigenvalue weighted by molar-refractivity contribution is 14.1. The van der Waals surface area contributed by atoms with Crippen LogP contribution in [0.2, 0.25) is 0 Å². The number of nitrogens with zero attached hydrogens (tertiary/aromatic N) is 1. The lowest BCUT2D eigenvalue weighted by atomic mass is 10.2. The Balaban J connectivity index is 3.51. The largest absolute Gasteiger partial charge is 0.478 e. The molecular formula is C8H3I2NO3. The van der Waals surface area contributed by atoms with Gasteiger partial charge in [-0.15, -0.1) is 0 Å². The Bertz CT molecular complexity index is 438. The number of hydrogen-bond acceptors (Lipinski definition) is 3. The van der Waals surface area contributed by atoms with Crippen molar-refractivity contribution < 1.29 is 14.7 Å². The number of carboxylic acid groups (broad SMARTS) is 1. The van der Waals surface area contributed by atoms with E-state index in [-0.39, 0.29) is 11.3 Å². The summed E-state index contributed by atoms with van der Waals surface area (Å²) in [7, 11) is 0. The molecule has 1 rings (SSSR count). The Kier molecular flexibility index (Phi) is 4.02. The second-order valence-electron chi connectivity index (χ2n) is 2.29. The van der Waals surface area contributed by atoms with E-state index < -0.39 is 5.97 Å². The maximum atomic E-state index is 10.8. The smallest absolute Gasteiger partial charge is 0.338 e. The maximum Gasteiger partial charge on any atom is 0.338 e. The van der Waals surface area contributed by atoms with Gasteiger partial charge < -0.3 is 5.11 Å². The molecule has 0 spiro atoms. The van der Waals surface area contributed by atoms with Gasteiger partial charge in [-0.05, 0) is 57.3 Å². The summed E-state index contributed by atoms with van der Waals surface area (Å²) in [6.45, 7) is 0. The topological polar surface area (TPSA) is 66.7 Å². The van der Waals surface area contributed by atoms with Crippen molar-refractivity contribution in [2.45, 2.75) is 0 Å².